The molecule has 0 saturated carbocycles. The van der Waals surface area contributed by atoms with Crippen LogP contribution >= 0.6 is 0 Å². The largest absolute Gasteiger partial charge is 0.339 e. The highest BCUT2D eigenvalue weighted by atomic mass is 32.2. The Balaban J connectivity index is 1.65. The summed E-state index contributed by atoms with van der Waals surface area (Å²) in [4.78, 5) is 14.6. The molecular formula is C19H26F2N2O3S. The van der Waals surface area contributed by atoms with E-state index in [1.54, 1.807) is 0 Å². The van der Waals surface area contributed by atoms with Gasteiger partial charge in [0, 0.05) is 31.6 Å². The molecule has 27 heavy (non-hydrogen) atoms. The predicted octanol–water partition coefficient (Wildman–Crippen LogP) is 3.16. The first-order valence-electron chi connectivity index (χ1n) is 9.60. The Bertz CT molecular complexity index is 792. The van der Waals surface area contributed by atoms with Gasteiger partial charge in [0.1, 0.15) is 0 Å². The second-order valence-corrected chi connectivity index (χ2v) is 9.28. The van der Waals surface area contributed by atoms with Crippen LogP contribution in [0, 0.1) is 17.6 Å². The highest BCUT2D eigenvalue weighted by molar-refractivity contribution is 7.89. The van der Waals surface area contributed by atoms with E-state index in [4.69, 9.17) is 0 Å². The van der Waals surface area contributed by atoms with Crippen molar-refractivity contribution in [1.82, 2.24) is 9.21 Å². The zero-order valence-electron chi connectivity index (χ0n) is 15.5. The Hall–Kier alpha value is -1.54. The molecule has 1 unspecified atom stereocenters. The minimum atomic E-state index is -3.89. The Morgan fingerprint density at radius 3 is 2.41 bits per heavy atom. The van der Waals surface area contributed by atoms with Crippen LogP contribution in [0.2, 0.25) is 0 Å². The molecule has 2 aliphatic rings. The minimum Gasteiger partial charge on any atom is -0.339 e. The molecule has 0 N–H and O–H groups in total. The van der Waals surface area contributed by atoms with Crippen molar-refractivity contribution in [3.05, 3.63) is 29.8 Å². The van der Waals surface area contributed by atoms with Crippen molar-refractivity contribution in [3.8, 4) is 0 Å². The molecule has 150 valence electrons. The molecule has 0 spiro atoms. The molecule has 1 aromatic rings. The van der Waals surface area contributed by atoms with Crippen LogP contribution in [0.15, 0.2) is 23.1 Å². The van der Waals surface area contributed by atoms with E-state index in [9.17, 15) is 22.0 Å². The fourth-order valence-corrected chi connectivity index (χ4v) is 5.56. The van der Waals surface area contributed by atoms with Crippen LogP contribution in [0.25, 0.3) is 0 Å². The molecule has 2 heterocycles. The zero-order chi connectivity index (χ0) is 19.6. The summed E-state index contributed by atoms with van der Waals surface area (Å²) >= 11 is 0. The van der Waals surface area contributed by atoms with Crippen LogP contribution in [0.4, 0.5) is 8.78 Å². The van der Waals surface area contributed by atoms with Gasteiger partial charge in [0.2, 0.25) is 15.9 Å². The number of piperidine rings is 2. The molecule has 1 aromatic carbocycles. The monoisotopic (exact) mass is 400 g/mol. The lowest BCUT2D eigenvalue weighted by Crippen LogP contribution is -2.49. The molecule has 2 fully saturated rings. The summed E-state index contributed by atoms with van der Waals surface area (Å²) in [7, 11) is -3.89. The van der Waals surface area contributed by atoms with Gasteiger partial charge >= 0.3 is 0 Å². The van der Waals surface area contributed by atoms with Crippen LogP contribution < -0.4 is 0 Å². The minimum absolute atomic E-state index is 0.131. The first kappa shape index (κ1) is 20.2. The molecule has 3 rings (SSSR count). The molecular weight excluding hydrogens is 374 g/mol. The Kier molecular flexibility index (Phi) is 6.15. The van der Waals surface area contributed by atoms with E-state index in [2.05, 4.69) is 6.92 Å². The number of amides is 1. The van der Waals surface area contributed by atoms with Gasteiger partial charge in [-0.15, -0.1) is 0 Å². The normalized spacial score (nSPS) is 22.8. The quantitative estimate of drug-likeness (QED) is 0.780. The van der Waals surface area contributed by atoms with Crippen molar-refractivity contribution < 1.29 is 22.0 Å². The number of rotatable bonds is 4. The van der Waals surface area contributed by atoms with Gasteiger partial charge in [-0.3, -0.25) is 4.79 Å². The van der Waals surface area contributed by atoms with Gasteiger partial charge < -0.3 is 4.90 Å². The van der Waals surface area contributed by atoms with Crippen molar-refractivity contribution in [2.45, 2.75) is 56.4 Å². The predicted molar refractivity (Wildman–Crippen MR) is 97.5 cm³/mol. The first-order valence-corrected chi connectivity index (χ1v) is 11.0. The van der Waals surface area contributed by atoms with Crippen LogP contribution in [-0.4, -0.2) is 49.2 Å². The van der Waals surface area contributed by atoms with Crippen LogP contribution in [-0.2, 0) is 14.8 Å². The van der Waals surface area contributed by atoms with E-state index in [1.165, 1.54) is 4.31 Å². The number of benzene rings is 1. The molecule has 0 aliphatic carbocycles. The van der Waals surface area contributed by atoms with E-state index in [0.29, 0.717) is 18.9 Å². The molecule has 1 amide bonds. The lowest BCUT2D eigenvalue weighted by Gasteiger charge is -2.39. The Labute approximate surface area is 159 Å². The number of halogens is 2. The van der Waals surface area contributed by atoms with Gasteiger partial charge in [0.05, 0.1) is 4.90 Å². The fourth-order valence-electron chi connectivity index (χ4n) is 4.08. The third-order valence-electron chi connectivity index (χ3n) is 5.71. The lowest BCUT2D eigenvalue weighted by molar-refractivity contribution is -0.140. The number of hydrogen-bond acceptors (Lipinski definition) is 3. The highest BCUT2D eigenvalue weighted by Crippen LogP contribution is 2.28. The molecule has 0 radical (unpaired) electrons. The van der Waals surface area contributed by atoms with Gasteiger partial charge in [-0.2, -0.15) is 4.31 Å². The van der Waals surface area contributed by atoms with Gasteiger partial charge in [-0.1, -0.05) is 6.92 Å². The average Bonchev–Trinajstić information content (AvgIpc) is 2.69. The summed E-state index contributed by atoms with van der Waals surface area (Å²) in [5.74, 6) is -2.30. The summed E-state index contributed by atoms with van der Waals surface area (Å²) in [6.07, 6.45) is 5.04. The maximum absolute atomic E-state index is 13.4. The number of nitrogens with zero attached hydrogens (tertiary/aromatic N) is 2. The van der Waals surface area contributed by atoms with E-state index in [1.807, 2.05) is 4.90 Å². The van der Waals surface area contributed by atoms with Crippen LogP contribution in [0.1, 0.15) is 45.4 Å². The van der Waals surface area contributed by atoms with E-state index >= 15 is 0 Å². The highest BCUT2D eigenvalue weighted by Gasteiger charge is 2.36. The number of hydrogen-bond donors (Lipinski definition) is 0. The molecule has 0 aromatic heterocycles. The molecule has 5 nitrogen and oxygen atoms in total. The molecule has 2 aliphatic heterocycles. The van der Waals surface area contributed by atoms with E-state index in [-0.39, 0.29) is 35.9 Å². The third kappa shape index (κ3) is 4.16. The molecule has 2 saturated heterocycles. The zero-order valence-corrected chi connectivity index (χ0v) is 16.4. The van der Waals surface area contributed by atoms with Crippen molar-refractivity contribution >= 4 is 15.9 Å². The SMILES string of the molecule is CCC1CCCCN1C(=O)C1CCN(S(=O)(=O)c2ccc(F)c(F)c2)CC1. The summed E-state index contributed by atoms with van der Waals surface area (Å²) in [6.45, 7) is 3.29. The molecule has 0 bridgehead atoms. The summed E-state index contributed by atoms with van der Waals surface area (Å²) in [5.41, 5.74) is 0. The summed E-state index contributed by atoms with van der Waals surface area (Å²) in [6, 6.07) is 2.89. The second kappa shape index (κ2) is 8.22. The van der Waals surface area contributed by atoms with Gasteiger partial charge in [-0.05, 0) is 56.7 Å². The van der Waals surface area contributed by atoms with E-state index < -0.39 is 21.7 Å². The topological polar surface area (TPSA) is 57.7 Å². The summed E-state index contributed by atoms with van der Waals surface area (Å²) in [5, 5.41) is 0. The maximum atomic E-state index is 13.4. The Morgan fingerprint density at radius 2 is 1.78 bits per heavy atom. The average molecular weight is 400 g/mol. The van der Waals surface area contributed by atoms with Crippen LogP contribution in [0.3, 0.4) is 0 Å². The summed E-state index contributed by atoms with van der Waals surface area (Å²) < 4.78 is 53.1. The molecule has 8 heteroatoms. The molecule has 1 atom stereocenters. The first-order chi connectivity index (χ1) is 12.8. The van der Waals surface area contributed by atoms with Crippen LogP contribution in [0.5, 0.6) is 0 Å². The number of carbonyl (C=O) groups is 1. The lowest BCUT2D eigenvalue weighted by atomic mass is 9.92. The van der Waals surface area contributed by atoms with Gasteiger partial charge in [0.25, 0.3) is 0 Å². The maximum Gasteiger partial charge on any atom is 0.243 e. The van der Waals surface area contributed by atoms with Gasteiger partial charge in [0.15, 0.2) is 11.6 Å². The van der Waals surface area contributed by atoms with Crippen molar-refractivity contribution in [3.63, 3.8) is 0 Å². The third-order valence-corrected chi connectivity index (χ3v) is 7.61. The fraction of sp³-hybridized carbons (Fsp3) is 0.632. The van der Waals surface area contributed by atoms with Crippen molar-refractivity contribution in [2.75, 3.05) is 19.6 Å². The van der Waals surface area contributed by atoms with E-state index in [0.717, 1.165) is 44.4 Å². The standard InChI is InChI=1S/C19H26F2N2O3S/c1-2-15-5-3-4-10-23(15)19(24)14-8-11-22(12-9-14)27(25,26)16-6-7-17(20)18(21)13-16/h6-7,13-15H,2-5,8-12H2,1H3. The second-order valence-electron chi connectivity index (χ2n) is 7.34. The number of sulfonamides is 1. The van der Waals surface area contributed by atoms with Gasteiger partial charge in [-0.25, -0.2) is 17.2 Å². The van der Waals surface area contributed by atoms with Crippen molar-refractivity contribution in [2.24, 2.45) is 5.92 Å². The van der Waals surface area contributed by atoms with Crippen molar-refractivity contribution in [1.29, 1.82) is 0 Å². The number of carbonyl (C=O) groups excluding carboxylic acids is 1. The number of likely N-dealkylation sites (tertiary alicyclic amines) is 1. The smallest absolute Gasteiger partial charge is 0.243 e. The Morgan fingerprint density at radius 1 is 1.07 bits per heavy atom.